The summed E-state index contributed by atoms with van der Waals surface area (Å²) in [5, 5.41) is 0. The van der Waals surface area contributed by atoms with Crippen LogP contribution in [0.25, 0.3) is 0 Å². The predicted octanol–water partition coefficient (Wildman–Crippen LogP) is 3.63. The third-order valence-corrected chi connectivity index (χ3v) is 3.96. The SMILES string of the molecule is CC(C)c1ccc2c(c1C1CC1)CN(C)C2. The van der Waals surface area contributed by atoms with Crippen LogP contribution in [0.15, 0.2) is 12.1 Å². The van der Waals surface area contributed by atoms with Gasteiger partial charge in [0, 0.05) is 13.1 Å². The van der Waals surface area contributed by atoms with Crippen molar-refractivity contribution in [2.75, 3.05) is 7.05 Å². The molecule has 16 heavy (non-hydrogen) atoms. The highest BCUT2D eigenvalue weighted by Gasteiger charge is 2.32. The van der Waals surface area contributed by atoms with Gasteiger partial charge in [-0.3, -0.25) is 4.90 Å². The minimum absolute atomic E-state index is 0.673. The van der Waals surface area contributed by atoms with E-state index in [9.17, 15) is 0 Å². The first kappa shape index (κ1) is 10.3. The normalized spacial score (nSPS) is 20.5. The molecule has 1 fully saturated rings. The summed E-state index contributed by atoms with van der Waals surface area (Å²) in [5.74, 6) is 1.56. The summed E-state index contributed by atoms with van der Waals surface area (Å²) in [6.45, 7) is 6.97. The average Bonchev–Trinajstić information content (AvgIpc) is 2.97. The zero-order valence-corrected chi connectivity index (χ0v) is 10.6. The van der Waals surface area contributed by atoms with E-state index in [1.807, 2.05) is 0 Å². The fourth-order valence-corrected chi connectivity index (χ4v) is 3.04. The van der Waals surface area contributed by atoms with Crippen LogP contribution in [0.2, 0.25) is 0 Å². The van der Waals surface area contributed by atoms with E-state index < -0.39 is 0 Å². The van der Waals surface area contributed by atoms with Crippen LogP contribution in [-0.4, -0.2) is 11.9 Å². The molecule has 1 aromatic carbocycles. The zero-order valence-electron chi connectivity index (χ0n) is 10.6. The van der Waals surface area contributed by atoms with Crippen LogP contribution in [0.3, 0.4) is 0 Å². The topological polar surface area (TPSA) is 3.24 Å². The van der Waals surface area contributed by atoms with E-state index in [1.165, 1.54) is 19.4 Å². The first-order valence-corrected chi connectivity index (χ1v) is 6.50. The van der Waals surface area contributed by atoms with Crippen molar-refractivity contribution in [3.63, 3.8) is 0 Å². The summed E-state index contributed by atoms with van der Waals surface area (Å²) in [6.07, 6.45) is 2.83. The van der Waals surface area contributed by atoms with Crippen molar-refractivity contribution < 1.29 is 0 Å². The minimum atomic E-state index is 0.673. The Labute approximate surface area is 98.5 Å². The standard InChI is InChI=1S/C15H21N/c1-10(2)13-7-6-12-8-16(3)9-14(12)15(13)11-4-5-11/h6-7,10-11H,4-5,8-9H2,1-3H3. The Bertz CT molecular complexity index is 416. The molecule has 1 saturated carbocycles. The van der Waals surface area contributed by atoms with Crippen molar-refractivity contribution in [1.29, 1.82) is 0 Å². The van der Waals surface area contributed by atoms with Gasteiger partial charge >= 0.3 is 0 Å². The molecule has 1 heterocycles. The van der Waals surface area contributed by atoms with Gasteiger partial charge in [-0.15, -0.1) is 0 Å². The van der Waals surface area contributed by atoms with Crippen molar-refractivity contribution in [3.8, 4) is 0 Å². The number of rotatable bonds is 2. The van der Waals surface area contributed by atoms with Crippen molar-refractivity contribution >= 4 is 0 Å². The number of benzene rings is 1. The van der Waals surface area contributed by atoms with E-state index in [4.69, 9.17) is 0 Å². The van der Waals surface area contributed by atoms with Gasteiger partial charge in [0.15, 0.2) is 0 Å². The van der Waals surface area contributed by atoms with Crippen LogP contribution in [-0.2, 0) is 13.1 Å². The molecule has 0 aromatic heterocycles. The maximum Gasteiger partial charge on any atom is 0.0240 e. The molecular weight excluding hydrogens is 194 g/mol. The number of nitrogens with zero attached hydrogens (tertiary/aromatic N) is 1. The van der Waals surface area contributed by atoms with E-state index in [2.05, 4.69) is 37.9 Å². The lowest BCUT2D eigenvalue weighted by molar-refractivity contribution is 0.352. The Morgan fingerprint density at radius 1 is 1.19 bits per heavy atom. The summed E-state index contributed by atoms with van der Waals surface area (Å²) in [6, 6.07) is 4.75. The van der Waals surface area contributed by atoms with Gasteiger partial charge in [-0.2, -0.15) is 0 Å². The molecule has 0 N–H and O–H groups in total. The molecule has 3 rings (SSSR count). The lowest BCUT2D eigenvalue weighted by atomic mass is 9.89. The molecule has 0 atom stereocenters. The summed E-state index contributed by atoms with van der Waals surface area (Å²) < 4.78 is 0. The Balaban J connectivity index is 2.12. The van der Waals surface area contributed by atoms with Crippen LogP contribution >= 0.6 is 0 Å². The van der Waals surface area contributed by atoms with Crippen molar-refractivity contribution in [3.05, 3.63) is 34.4 Å². The molecule has 86 valence electrons. The van der Waals surface area contributed by atoms with Crippen LogP contribution < -0.4 is 0 Å². The molecule has 1 nitrogen and oxygen atoms in total. The van der Waals surface area contributed by atoms with E-state index in [0.29, 0.717) is 5.92 Å². The smallest absolute Gasteiger partial charge is 0.0240 e. The van der Waals surface area contributed by atoms with Crippen molar-refractivity contribution in [2.24, 2.45) is 0 Å². The van der Waals surface area contributed by atoms with Crippen LogP contribution in [0, 0.1) is 0 Å². The molecule has 0 radical (unpaired) electrons. The van der Waals surface area contributed by atoms with Gasteiger partial charge in [-0.05, 0) is 54.0 Å². The molecule has 0 unspecified atom stereocenters. The summed E-state index contributed by atoms with van der Waals surface area (Å²) in [7, 11) is 2.23. The van der Waals surface area contributed by atoms with Gasteiger partial charge in [0.1, 0.15) is 0 Å². The average molecular weight is 215 g/mol. The maximum absolute atomic E-state index is 2.43. The monoisotopic (exact) mass is 215 g/mol. The molecule has 1 aliphatic heterocycles. The number of hydrogen-bond acceptors (Lipinski definition) is 1. The molecule has 0 saturated heterocycles. The third-order valence-electron chi connectivity index (χ3n) is 3.96. The highest BCUT2D eigenvalue weighted by atomic mass is 15.1. The lowest BCUT2D eigenvalue weighted by Gasteiger charge is -2.16. The van der Waals surface area contributed by atoms with Crippen LogP contribution in [0.4, 0.5) is 0 Å². The molecule has 1 heteroatoms. The molecular formula is C15H21N. The predicted molar refractivity (Wildman–Crippen MR) is 67.7 cm³/mol. The molecule has 1 aliphatic carbocycles. The van der Waals surface area contributed by atoms with E-state index in [0.717, 1.165) is 12.5 Å². The fourth-order valence-electron chi connectivity index (χ4n) is 3.04. The van der Waals surface area contributed by atoms with Crippen LogP contribution in [0.5, 0.6) is 0 Å². The van der Waals surface area contributed by atoms with Crippen molar-refractivity contribution in [2.45, 2.75) is 51.6 Å². The second-order valence-corrected chi connectivity index (χ2v) is 5.81. The van der Waals surface area contributed by atoms with Gasteiger partial charge in [0.25, 0.3) is 0 Å². The van der Waals surface area contributed by atoms with Gasteiger partial charge in [0.05, 0.1) is 0 Å². The summed E-state index contributed by atoms with van der Waals surface area (Å²) in [5.41, 5.74) is 6.57. The minimum Gasteiger partial charge on any atom is -0.298 e. The maximum atomic E-state index is 2.43. The van der Waals surface area contributed by atoms with Gasteiger partial charge in [0.2, 0.25) is 0 Å². The molecule has 0 spiro atoms. The highest BCUT2D eigenvalue weighted by Crippen LogP contribution is 2.47. The highest BCUT2D eigenvalue weighted by molar-refractivity contribution is 5.48. The number of hydrogen-bond donors (Lipinski definition) is 0. The zero-order chi connectivity index (χ0) is 11.3. The van der Waals surface area contributed by atoms with E-state index >= 15 is 0 Å². The van der Waals surface area contributed by atoms with E-state index in [1.54, 1.807) is 22.3 Å². The molecule has 1 aromatic rings. The van der Waals surface area contributed by atoms with E-state index in [-0.39, 0.29) is 0 Å². The molecule has 0 bridgehead atoms. The Morgan fingerprint density at radius 2 is 1.94 bits per heavy atom. The summed E-state index contributed by atoms with van der Waals surface area (Å²) in [4.78, 5) is 2.43. The van der Waals surface area contributed by atoms with Crippen molar-refractivity contribution in [1.82, 2.24) is 4.90 Å². The second-order valence-electron chi connectivity index (χ2n) is 5.81. The first-order valence-electron chi connectivity index (χ1n) is 6.50. The van der Waals surface area contributed by atoms with Gasteiger partial charge in [-0.1, -0.05) is 26.0 Å². The summed E-state index contributed by atoms with van der Waals surface area (Å²) >= 11 is 0. The lowest BCUT2D eigenvalue weighted by Crippen LogP contribution is -2.08. The Hall–Kier alpha value is -0.820. The largest absolute Gasteiger partial charge is 0.298 e. The quantitative estimate of drug-likeness (QED) is 0.728. The third kappa shape index (κ3) is 1.58. The van der Waals surface area contributed by atoms with Crippen LogP contribution in [0.1, 0.15) is 60.8 Å². The molecule has 2 aliphatic rings. The molecule has 0 amide bonds. The Morgan fingerprint density at radius 3 is 2.56 bits per heavy atom. The fraction of sp³-hybridized carbons (Fsp3) is 0.600. The van der Waals surface area contributed by atoms with Gasteiger partial charge in [-0.25, -0.2) is 0 Å². The second kappa shape index (κ2) is 3.59. The van der Waals surface area contributed by atoms with Gasteiger partial charge < -0.3 is 0 Å². The number of fused-ring (bicyclic) bond motifs is 1. The Kier molecular flexibility index (Phi) is 2.32. The first-order chi connectivity index (χ1) is 7.66.